The summed E-state index contributed by atoms with van der Waals surface area (Å²) in [6.45, 7) is 2.11. The van der Waals surface area contributed by atoms with Gasteiger partial charge in [0.2, 0.25) is 0 Å². The molecule has 5 heteroatoms. The molecular weight excluding hydrogens is 268 g/mol. The molecule has 0 saturated carbocycles. The predicted octanol–water partition coefficient (Wildman–Crippen LogP) is 2.71. The normalized spacial score (nSPS) is 9.76. The van der Waals surface area contributed by atoms with Crippen LogP contribution in [0.15, 0.2) is 48.8 Å². The molecule has 0 atom stereocenters. The topological polar surface area (TPSA) is 72.2 Å². The average Bonchev–Trinajstić information content (AvgIpc) is 2.96. The Bertz CT molecular complexity index is 787. The lowest BCUT2D eigenvalue weighted by Crippen LogP contribution is -1.95. The second-order valence-electron chi connectivity index (χ2n) is 4.41. The Morgan fingerprint density at radius 1 is 1.24 bits per heavy atom. The van der Waals surface area contributed by atoms with E-state index in [0.29, 0.717) is 0 Å². The largest absolute Gasteiger partial charge is 0.508 e. The zero-order valence-corrected chi connectivity index (χ0v) is 11.5. The first-order valence-electron chi connectivity index (χ1n) is 6.44. The Hall–Kier alpha value is -2.91. The highest BCUT2D eigenvalue weighted by Gasteiger charge is 2.05. The molecular formula is C16H14N2O3. The van der Waals surface area contributed by atoms with Gasteiger partial charge in [-0.1, -0.05) is 25.1 Å². The molecule has 0 aliphatic rings. The van der Waals surface area contributed by atoms with Crippen molar-refractivity contribution in [2.75, 3.05) is 0 Å². The monoisotopic (exact) mass is 282 g/mol. The summed E-state index contributed by atoms with van der Waals surface area (Å²) in [5, 5.41) is 16.1. The standard InChI is InChI=1S/C15H14N2O.CO2/c1-2-11-9-16-17(10-11)15-5-3-4-12-6-7-13(18)8-14(12)15;2-1-3/h3-10,18H,2H2,1H3;. The summed E-state index contributed by atoms with van der Waals surface area (Å²) >= 11 is 0. The van der Waals surface area contributed by atoms with Crippen LogP contribution in [0.1, 0.15) is 12.5 Å². The second kappa shape index (κ2) is 6.50. The van der Waals surface area contributed by atoms with Crippen LogP contribution in [-0.4, -0.2) is 21.0 Å². The van der Waals surface area contributed by atoms with Crippen molar-refractivity contribution in [3.63, 3.8) is 0 Å². The molecule has 0 bridgehead atoms. The van der Waals surface area contributed by atoms with Crippen molar-refractivity contribution < 1.29 is 14.7 Å². The summed E-state index contributed by atoms with van der Waals surface area (Å²) in [4.78, 5) is 16.2. The van der Waals surface area contributed by atoms with E-state index in [1.165, 1.54) is 5.56 Å². The fraction of sp³-hybridized carbons (Fsp3) is 0.125. The number of aromatic nitrogens is 2. The first kappa shape index (κ1) is 14.5. The maximum Gasteiger partial charge on any atom is 0.373 e. The van der Waals surface area contributed by atoms with E-state index in [2.05, 4.69) is 12.0 Å². The number of hydrogen-bond acceptors (Lipinski definition) is 4. The van der Waals surface area contributed by atoms with Gasteiger partial charge < -0.3 is 5.11 Å². The summed E-state index contributed by atoms with van der Waals surface area (Å²) in [5.74, 6) is 0.276. The molecule has 1 aromatic heterocycles. The number of aromatic hydroxyl groups is 1. The number of nitrogens with zero attached hydrogens (tertiary/aromatic N) is 2. The van der Waals surface area contributed by atoms with Crippen LogP contribution in [0.4, 0.5) is 0 Å². The highest BCUT2D eigenvalue weighted by atomic mass is 16.3. The number of phenols is 1. The third kappa shape index (κ3) is 3.16. The maximum absolute atomic E-state index is 9.62. The van der Waals surface area contributed by atoms with Crippen LogP contribution in [-0.2, 0) is 16.0 Å². The molecule has 5 nitrogen and oxygen atoms in total. The van der Waals surface area contributed by atoms with Crippen LogP contribution in [0.25, 0.3) is 16.5 Å². The molecule has 0 radical (unpaired) electrons. The lowest BCUT2D eigenvalue weighted by atomic mass is 10.1. The summed E-state index contributed by atoms with van der Waals surface area (Å²) < 4.78 is 1.86. The van der Waals surface area contributed by atoms with E-state index in [1.807, 2.05) is 41.3 Å². The number of fused-ring (bicyclic) bond motifs is 1. The summed E-state index contributed by atoms with van der Waals surface area (Å²) in [7, 11) is 0. The number of benzene rings is 2. The minimum atomic E-state index is 0.250. The van der Waals surface area contributed by atoms with Gasteiger partial charge >= 0.3 is 6.15 Å². The van der Waals surface area contributed by atoms with Crippen molar-refractivity contribution in [3.05, 3.63) is 54.4 Å². The lowest BCUT2D eigenvalue weighted by Gasteiger charge is -2.06. The molecule has 1 heterocycles. The van der Waals surface area contributed by atoms with Crippen LogP contribution in [0.3, 0.4) is 0 Å². The van der Waals surface area contributed by atoms with Crippen molar-refractivity contribution in [1.29, 1.82) is 0 Å². The molecule has 21 heavy (non-hydrogen) atoms. The average molecular weight is 282 g/mol. The van der Waals surface area contributed by atoms with E-state index in [0.717, 1.165) is 22.9 Å². The quantitative estimate of drug-likeness (QED) is 0.784. The van der Waals surface area contributed by atoms with Gasteiger partial charge in [-0.2, -0.15) is 14.7 Å². The Kier molecular flexibility index (Phi) is 4.49. The van der Waals surface area contributed by atoms with Crippen molar-refractivity contribution in [1.82, 2.24) is 9.78 Å². The van der Waals surface area contributed by atoms with Crippen LogP contribution in [0, 0.1) is 0 Å². The Morgan fingerprint density at radius 2 is 2.00 bits per heavy atom. The number of phenolic OH excluding ortho intramolecular Hbond substituents is 1. The van der Waals surface area contributed by atoms with E-state index in [1.54, 1.807) is 12.1 Å². The van der Waals surface area contributed by atoms with Gasteiger partial charge in [0.05, 0.1) is 11.9 Å². The zero-order valence-electron chi connectivity index (χ0n) is 11.5. The number of carbonyl (C=O) groups excluding carboxylic acids is 2. The smallest absolute Gasteiger partial charge is 0.373 e. The summed E-state index contributed by atoms with van der Waals surface area (Å²) in [6.07, 6.45) is 5.12. The van der Waals surface area contributed by atoms with Crippen molar-refractivity contribution in [3.8, 4) is 11.4 Å². The van der Waals surface area contributed by atoms with Crippen molar-refractivity contribution >= 4 is 16.9 Å². The summed E-state index contributed by atoms with van der Waals surface area (Å²) in [6, 6.07) is 11.4. The fourth-order valence-electron chi connectivity index (χ4n) is 2.12. The van der Waals surface area contributed by atoms with Crippen LogP contribution < -0.4 is 0 Å². The van der Waals surface area contributed by atoms with Gasteiger partial charge in [0, 0.05) is 11.6 Å². The van der Waals surface area contributed by atoms with Gasteiger partial charge in [-0.3, -0.25) is 0 Å². The molecule has 3 aromatic rings. The Morgan fingerprint density at radius 3 is 2.67 bits per heavy atom. The molecule has 1 N–H and O–H groups in total. The third-order valence-corrected chi connectivity index (χ3v) is 3.13. The SMILES string of the molecule is CCc1cnn(-c2cccc3ccc(O)cc23)c1.O=C=O. The molecule has 3 rings (SSSR count). The van der Waals surface area contributed by atoms with Gasteiger partial charge in [0.1, 0.15) is 5.75 Å². The molecule has 0 fully saturated rings. The zero-order chi connectivity index (χ0) is 15.2. The highest BCUT2D eigenvalue weighted by molar-refractivity contribution is 5.91. The fourth-order valence-corrected chi connectivity index (χ4v) is 2.12. The first-order valence-corrected chi connectivity index (χ1v) is 6.44. The third-order valence-electron chi connectivity index (χ3n) is 3.13. The van der Waals surface area contributed by atoms with Gasteiger partial charge in [-0.15, -0.1) is 0 Å². The van der Waals surface area contributed by atoms with Gasteiger partial charge in [-0.05, 0) is 35.6 Å². The number of rotatable bonds is 2. The molecule has 0 amide bonds. The Balaban J connectivity index is 0.000000497. The van der Waals surface area contributed by atoms with Gasteiger partial charge in [-0.25, -0.2) is 4.68 Å². The van der Waals surface area contributed by atoms with E-state index in [4.69, 9.17) is 9.59 Å². The minimum Gasteiger partial charge on any atom is -0.508 e. The van der Waals surface area contributed by atoms with Crippen LogP contribution in [0.2, 0.25) is 0 Å². The number of hydrogen-bond donors (Lipinski definition) is 1. The highest BCUT2D eigenvalue weighted by Crippen LogP contribution is 2.25. The van der Waals surface area contributed by atoms with Crippen LogP contribution >= 0.6 is 0 Å². The molecule has 0 saturated heterocycles. The van der Waals surface area contributed by atoms with E-state index in [-0.39, 0.29) is 11.9 Å². The van der Waals surface area contributed by atoms with Gasteiger partial charge in [0.25, 0.3) is 0 Å². The number of aryl methyl sites for hydroxylation is 1. The maximum atomic E-state index is 9.62. The van der Waals surface area contributed by atoms with Gasteiger partial charge in [0.15, 0.2) is 0 Å². The first-order chi connectivity index (χ1) is 10.2. The molecule has 0 aliphatic carbocycles. The second-order valence-corrected chi connectivity index (χ2v) is 4.41. The Labute approximate surface area is 121 Å². The molecule has 2 aromatic carbocycles. The van der Waals surface area contributed by atoms with Crippen molar-refractivity contribution in [2.24, 2.45) is 0 Å². The van der Waals surface area contributed by atoms with Crippen molar-refractivity contribution in [2.45, 2.75) is 13.3 Å². The lowest BCUT2D eigenvalue weighted by molar-refractivity contribution is -0.191. The van der Waals surface area contributed by atoms with E-state index >= 15 is 0 Å². The van der Waals surface area contributed by atoms with E-state index in [9.17, 15) is 5.11 Å². The van der Waals surface area contributed by atoms with E-state index < -0.39 is 0 Å². The molecule has 0 aliphatic heterocycles. The van der Waals surface area contributed by atoms with Crippen LogP contribution in [0.5, 0.6) is 5.75 Å². The predicted molar refractivity (Wildman–Crippen MR) is 77.1 cm³/mol. The molecule has 106 valence electrons. The molecule has 0 unspecified atom stereocenters. The summed E-state index contributed by atoms with van der Waals surface area (Å²) in [5.41, 5.74) is 2.19. The minimum absolute atomic E-state index is 0.250. The molecule has 0 spiro atoms.